The van der Waals surface area contributed by atoms with Gasteiger partial charge in [0, 0.05) is 46.1 Å². The summed E-state index contributed by atoms with van der Waals surface area (Å²) in [5.41, 5.74) is 8.18. The molecule has 2 aromatic rings. The van der Waals surface area contributed by atoms with Crippen molar-refractivity contribution >= 4 is 22.7 Å². The molecule has 0 radical (unpaired) electrons. The van der Waals surface area contributed by atoms with Crippen molar-refractivity contribution in [1.29, 1.82) is 0 Å². The third kappa shape index (κ3) is 6.84. The summed E-state index contributed by atoms with van der Waals surface area (Å²) in [6, 6.07) is 17.4. The van der Waals surface area contributed by atoms with Crippen LogP contribution in [0.2, 0.25) is 0 Å². The van der Waals surface area contributed by atoms with Crippen molar-refractivity contribution < 1.29 is 0 Å². The number of rotatable bonds is 6. The van der Waals surface area contributed by atoms with Gasteiger partial charge < -0.3 is 9.80 Å². The summed E-state index contributed by atoms with van der Waals surface area (Å²) < 4.78 is 0. The summed E-state index contributed by atoms with van der Waals surface area (Å²) in [6.07, 6.45) is 12.8. The zero-order valence-electron chi connectivity index (χ0n) is 20.6. The van der Waals surface area contributed by atoms with Crippen LogP contribution in [0.15, 0.2) is 95.6 Å². The number of nitrogens with zero attached hydrogens (tertiary/aromatic N) is 3. The maximum atomic E-state index is 4.45. The van der Waals surface area contributed by atoms with Crippen LogP contribution in [0.4, 0.5) is 11.4 Å². The van der Waals surface area contributed by atoms with Gasteiger partial charge in [-0.15, -0.1) is 0 Å². The van der Waals surface area contributed by atoms with E-state index in [-0.39, 0.29) is 0 Å². The number of benzene rings is 2. The van der Waals surface area contributed by atoms with Crippen molar-refractivity contribution in [1.82, 2.24) is 0 Å². The largest absolute Gasteiger partial charge is 0.378 e. The lowest BCUT2D eigenvalue weighted by molar-refractivity contribution is 1.13. The number of hydrogen-bond acceptors (Lipinski definition) is 3. The molecule has 168 valence electrons. The van der Waals surface area contributed by atoms with E-state index in [1.165, 1.54) is 28.1 Å². The molecule has 1 aliphatic carbocycles. The standard InChI is InChI=1S/C27H31N3.C2H6/c1-6-28-24-14-7-21(8-15-24)9-20-27(22-10-16-25(17-11-22)29(2)3)23-12-18-26(19-13-23)30(4)5;1-2/h7-20H,6H2,1-5H3;1-2H3. The highest BCUT2D eigenvalue weighted by atomic mass is 15.1. The molecule has 2 aromatic carbocycles. The lowest BCUT2D eigenvalue weighted by atomic mass is 9.96. The summed E-state index contributed by atoms with van der Waals surface area (Å²) in [7, 11) is 8.25. The van der Waals surface area contributed by atoms with Crippen molar-refractivity contribution in [2.75, 3.05) is 44.5 Å². The van der Waals surface area contributed by atoms with E-state index in [4.69, 9.17) is 0 Å². The van der Waals surface area contributed by atoms with E-state index in [2.05, 4.69) is 135 Å². The molecule has 0 spiro atoms. The summed E-state index contributed by atoms with van der Waals surface area (Å²) in [5, 5.41) is 0. The highest BCUT2D eigenvalue weighted by molar-refractivity contribution is 6.06. The molecule has 0 unspecified atom stereocenters. The maximum Gasteiger partial charge on any atom is 0.0574 e. The molecule has 1 aliphatic rings. The topological polar surface area (TPSA) is 18.8 Å². The maximum absolute atomic E-state index is 4.45. The predicted octanol–water partition coefficient (Wildman–Crippen LogP) is 6.79. The van der Waals surface area contributed by atoms with E-state index >= 15 is 0 Å². The fourth-order valence-corrected chi connectivity index (χ4v) is 3.29. The van der Waals surface area contributed by atoms with Crippen molar-refractivity contribution in [3.63, 3.8) is 0 Å². The fraction of sp³-hybridized carbons (Fsp3) is 0.276. The van der Waals surface area contributed by atoms with Crippen LogP contribution >= 0.6 is 0 Å². The third-order valence-corrected chi connectivity index (χ3v) is 5.07. The number of anilines is 2. The van der Waals surface area contributed by atoms with Gasteiger partial charge in [0.25, 0.3) is 0 Å². The van der Waals surface area contributed by atoms with Crippen molar-refractivity contribution in [2.24, 2.45) is 4.99 Å². The second-order valence-corrected chi connectivity index (χ2v) is 7.70. The van der Waals surface area contributed by atoms with Gasteiger partial charge >= 0.3 is 0 Å². The Morgan fingerprint density at radius 2 is 1.16 bits per heavy atom. The van der Waals surface area contributed by atoms with E-state index < -0.39 is 0 Å². The molecule has 0 atom stereocenters. The first-order valence-electron chi connectivity index (χ1n) is 11.4. The van der Waals surface area contributed by atoms with E-state index in [1.54, 1.807) is 0 Å². The van der Waals surface area contributed by atoms with Crippen LogP contribution in [0.25, 0.3) is 5.57 Å². The predicted molar refractivity (Wildman–Crippen MR) is 144 cm³/mol. The van der Waals surface area contributed by atoms with Crippen LogP contribution in [0.5, 0.6) is 0 Å². The van der Waals surface area contributed by atoms with E-state index in [1.807, 2.05) is 13.8 Å². The van der Waals surface area contributed by atoms with E-state index in [0.29, 0.717) is 0 Å². The Kier molecular flexibility index (Phi) is 9.75. The lowest BCUT2D eigenvalue weighted by Gasteiger charge is -2.16. The van der Waals surface area contributed by atoms with Gasteiger partial charge in [-0.3, -0.25) is 4.99 Å². The Morgan fingerprint density at radius 1 is 0.719 bits per heavy atom. The zero-order chi connectivity index (χ0) is 23.5. The van der Waals surface area contributed by atoms with Crippen molar-refractivity contribution in [2.45, 2.75) is 20.8 Å². The molecule has 3 rings (SSSR count). The summed E-state index contributed by atoms with van der Waals surface area (Å²) in [4.78, 5) is 8.68. The molecular weight excluding hydrogens is 390 g/mol. The van der Waals surface area contributed by atoms with E-state index in [0.717, 1.165) is 17.8 Å². The molecule has 0 aliphatic heterocycles. The van der Waals surface area contributed by atoms with Crippen LogP contribution in [-0.4, -0.2) is 40.4 Å². The van der Waals surface area contributed by atoms with Gasteiger partial charge in [0.15, 0.2) is 0 Å². The van der Waals surface area contributed by atoms with Gasteiger partial charge in [-0.2, -0.15) is 0 Å². The van der Waals surface area contributed by atoms with Gasteiger partial charge in [0.1, 0.15) is 0 Å². The molecule has 3 nitrogen and oxygen atoms in total. The van der Waals surface area contributed by atoms with Gasteiger partial charge in [0.2, 0.25) is 0 Å². The molecule has 0 saturated carbocycles. The minimum absolute atomic E-state index is 0.805. The van der Waals surface area contributed by atoms with Crippen molar-refractivity contribution in [3.8, 4) is 0 Å². The highest BCUT2D eigenvalue weighted by Crippen LogP contribution is 2.27. The number of aliphatic imine (C=N–C) groups is 1. The van der Waals surface area contributed by atoms with Crippen LogP contribution in [0.3, 0.4) is 0 Å². The second kappa shape index (κ2) is 12.5. The molecular formula is C29H37N3. The van der Waals surface area contributed by atoms with Gasteiger partial charge in [-0.25, -0.2) is 0 Å². The average molecular weight is 428 g/mol. The fourth-order valence-electron chi connectivity index (χ4n) is 3.29. The van der Waals surface area contributed by atoms with Crippen molar-refractivity contribution in [3.05, 3.63) is 102 Å². The summed E-state index contributed by atoms with van der Waals surface area (Å²) >= 11 is 0. The van der Waals surface area contributed by atoms with Gasteiger partial charge in [-0.1, -0.05) is 62.4 Å². The molecule has 0 saturated heterocycles. The monoisotopic (exact) mass is 427 g/mol. The summed E-state index contributed by atoms with van der Waals surface area (Å²) in [6.45, 7) is 6.86. The van der Waals surface area contributed by atoms with Crippen LogP contribution < -0.4 is 9.80 Å². The minimum atomic E-state index is 0.805. The third-order valence-electron chi connectivity index (χ3n) is 5.07. The minimum Gasteiger partial charge on any atom is -0.378 e. The van der Waals surface area contributed by atoms with Crippen LogP contribution in [0, 0.1) is 0 Å². The highest BCUT2D eigenvalue weighted by Gasteiger charge is 2.07. The first-order chi connectivity index (χ1) is 15.5. The SMILES string of the molecule is CC.CCN=C1C=CC(=CC=C(c2ccc(N(C)C)cc2)c2ccc(N(C)C)cc2)C=C1. The quantitative estimate of drug-likeness (QED) is 0.505. The van der Waals surface area contributed by atoms with Crippen LogP contribution in [0.1, 0.15) is 31.9 Å². The molecule has 0 N–H and O–H groups in total. The molecule has 0 heterocycles. The first kappa shape index (κ1) is 24.9. The Hall–Kier alpha value is -3.33. The zero-order valence-corrected chi connectivity index (χ0v) is 20.6. The average Bonchev–Trinajstić information content (AvgIpc) is 2.82. The molecule has 3 heteroatoms. The summed E-state index contributed by atoms with van der Waals surface area (Å²) in [5.74, 6) is 0. The van der Waals surface area contributed by atoms with E-state index in [9.17, 15) is 0 Å². The Balaban J connectivity index is 0.00000176. The number of allylic oxidation sites excluding steroid dienone is 7. The Bertz CT molecular complexity index is 928. The molecule has 0 fully saturated rings. The molecule has 0 aromatic heterocycles. The first-order valence-corrected chi connectivity index (χ1v) is 11.4. The normalized spacial score (nSPS) is 12.0. The Labute approximate surface area is 194 Å². The molecule has 0 bridgehead atoms. The second-order valence-electron chi connectivity index (χ2n) is 7.70. The lowest BCUT2D eigenvalue weighted by Crippen LogP contribution is -2.08. The molecule has 0 amide bonds. The van der Waals surface area contributed by atoms with Gasteiger partial charge in [-0.05, 0) is 65.6 Å². The Morgan fingerprint density at radius 3 is 1.53 bits per heavy atom. The number of hydrogen-bond donors (Lipinski definition) is 0. The smallest absolute Gasteiger partial charge is 0.0574 e. The molecule has 32 heavy (non-hydrogen) atoms. The van der Waals surface area contributed by atoms with Crippen LogP contribution in [-0.2, 0) is 0 Å². The van der Waals surface area contributed by atoms with Gasteiger partial charge in [0.05, 0.1) is 5.71 Å².